The van der Waals surface area contributed by atoms with Crippen LogP contribution in [0.1, 0.15) is 12.5 Å². The number of hydrogen-bond acceptors (Lipinski definition) is 5. The standard InChI is InChI=1S/C11H12BIN2O3/c1-11(15,5-14)6-17-8-3-2-7-4-18-12(16)9(7)10(8)13/h2-3,16H,4,6,15H2,1H3/t11-/m0/s1. The molecule has 2 rings (SSSR count). The summed E-state index contributed by atoms with van der Waals surface area (Å²) in [4.78, 5) is 0. The van der Waals surface area contributed by atoms with Crippen LogP contribution in [0.3, 0.4) is 0 Å². The van der Waals surface area contributed by atoms with E-state index in [1.54, 1.807) is 13.0 Å². The monoisotopic (exact) mass is 358 g/mol. The molecule has 1 aliphatic heterocycles. The zero-order valence-corrected chi connectivity index (χ0v) is 12.0. The number of rotatable bonds is 3. The van der Waals surface area contributed by atoms with Gasteiger partial charge in [-0.15, -0.1) is 0 Å². The van der Waals surface area contributed by atoms with Gasteiger partial charge in [0, 0.05) is 5.46 Å². The fourth-order valence-corrected chi connectivity index (χ4v) is 2.58. The summed E-state index contributed by atoms with van der Waals surface area (Å²) in [6.45, 7) is 2.10. The zero-order valence-electron chi connectivity index (χ0n) is 9.81. The van der Waals surface area contributed by atoms with Crippen LogP contribution >= 0.6 is 22.6 Å². The largest absolute Gasteiger partial charge is 0.492 e. The van der Waals surface area contributed by atoms with E-state index in [0.29, 0.717) is 12.4 Å². The maximum atomic E-state index is 9.70. The van der Waals surface area contributed by atoms with Crippen LogP contribution < -0.4 is 15.9 Å². The summed E-state index contributed by atoms with van der Waals surface area (Å²) in [6, 6.07) is 5.62. The number of nitrogens with two attached hydrogens (primary N) is 1. The molecular weight excluding hydrogens is 346 g/mol. The molecular formula is C11H12BIN2O3. The van der Waals surface area contributed by atoms with Gasteiger partial charge < -0.3 is 20.1 Å². The summed E-state index contributed by atoms with van der Waals surface area (Å²) in [5.41, 5.74) is 6.35. The Morgan fingerprint density at radius 1 is 1.72 bits per heavy atom. The molecule has 7 heteroatoms. The Hall–Kier alpha value is -0.815. The van der Waals surface area contributed by atoms with Crippen LogP contribution in [0.25, 0.3) is 0 Å². The van der Waals surface area contributed by atoms with E-state index >= 15 is 0 Å². The summed E-state index contributed by atoms with van der Waals surface area (Å²) in [5, 5.41) is 18.5. The number of hydrogen-bond donors (Lipinski definition) is 2. The quantitative estimate of drug-likeness (QED) is 0.593. The van der Waals surface area contributed by atoms with Gasteiger partial charge >= 0.3 is 7.12 Å². The maximum Gasteiger partial charge on any atom is 0.492 e. The fraction of sp³-hybridized carbons (Fsp3) is 0.364. The third-order valence-corrected chi connectivity index (χ3v) is 3.77. The third kappa shape index (κ3) is 2.61. The van der Waals surface area contributed by atoms with Crippen molar-refractivity contribution < 1.29 is 14.4 Å². The van der Waals surface area contributed by atoms with Gasteiger partial charge in [0.2, 0.25) is 0 Å². The highest BCUT2D eigenvalue weighted by molar-refractivity contribution is 14.1. The minimum atomic E-state index is -1.03. The lowest BCUT2D eigenvalue weighted by Gasteiger charge is -2.18. The Morgan fingerprint density at radius 2 is 2.44 bits per heavy atom. The molecule has 3 N–H and O–H groups in total. The van der Waals surface area contributed by atoms with Crippen LogP contribution in [0.4, 0.5) is 0 Å². The molecule has 1 heterocycles. The molecule has 0 spiro atoms. The first-order chi connectivity index (χ1) is 8.44. The van der Waals surface area contributed by atoms with E-state index in [2.05, 4.69) is 22.6 Å². The van der Waals surface area contributed by atoms with Gasteiger partial charge in [0.15, 0.2) is 0 Å². The maximum absolute atomic E-state index is 9.70. The van der Waals surface area contributed by atoms with Crippen LogP contribution in [-0.2, 0) is 11.3 Å². The highest BCUT2D eigenvalue weighted by atomic mass is 127. The summed E-state index contributed by atoms with van der Waals surface area (Å²) in [5.74, 6) is 0.603. The third-order valence-electron chi connectivity index (χ3n) is 2.66. The molecule has 1 aromatic rings. The van der Waals surface area contributed by atoms with Crippen LogP contribution in [0.15, 0.2) is 12.1 Å². The van der Waals surface area contributed by atoms with Crippen molar-refractivity contribution >= 4 is 35.2 Å². The second-order valence-electron chi connectivity index (χ2n) is 4.43. The Bertz CT molecular complexity index is 516. The molecule has 1 aliphatic rings. The van der Waals surface area contributed by atoms with Gasteiger partial charge in [-0.25, -0.2) is 0 Å². The van der Waals surface area contributed by atoms with Crippen molar-refractivity contribution in [2.24, 2.45) is 5.73 Å². The average molecular weight is 358 g/mol. The van der Waals surface area contributed by atoms with Crippen LogP contribution in [0.2, 0.25) is 0 Å². The number of nitriles is 1. The molecule has 0 saturated carbocycles. The normalized spacial score (nSPS) is 16.9. The van der Waals surface area contributed by atoms with Crippen molar-refractivity contribution in [3.63, 3.8) is 0 Å². The predicted octanol–water partition coefficient (Wildman–Crippen LogP) is 0.129. The Balaban J connectivity index is 2.22. The van der Waals surface area contributed by atoms with Gasteiger partial charge in [-0.05, 0) is 41.1 Å². The van der Waals surface area contributed by atoms with E-state index in [1.165, 1.54) is 0 Å². The van der Waals surface area contributed by atoms with Crippen molar-refractivity contribution in [2.45, 2.75) is 19.1 Å². The van der Waals surface area contributed by atoms with Gasteiger partial charge in [-0.3, -0.25) is 0 Å². The highest BCUT2D eigenvalue weighted by Crippen LogP contribution is 2.24. The van der Waals surface area contributed by atoms with Crippen molar-refractivity contribution in [3.05, 3.63) is 21.3 Å². The van der Waals surface area contributed by atoms with Crippen molar-refractivity contribution in [3.8, 4) is 11.8 Å². The molecule has 0 aliphatic carbocycles. The van der Waals surface area contributed by atoms with Crippen molar-refractivity contribution in [2.75, 3.05) is 6.61 Å². The molecule has 0 saturated heterocycles. The van der Waals surface area contributed by atoms with Crippen LogP contribution in [0.5, 0.6) is 5.75 Å². The van der Waals surface area contributed by atoms with E-state index in [1.807, 2.05) is 12.1 Å². The molecule has 0 unspecified atom stereocenters. The Kier molecular flexibility index (Phi) is 3.82. The minimum absolute atomic E-state index is 0.0925. The smallest absolute Gasteiger partial charge is 0.489 e. The number of halogens is 1. The van der Waals surface area contributed by atoms with Gasteiger partial charge in [0.05, 0.1) is 16.2 Å². The SMILES string of the molecule is C[C@](N)(C#N)COc1ccc2c(c1I)B(O)OC2. The van der Waals surface area contributed by atoms with E-state index in [9.17, 15) is 5.02 Å². The van der Waals surface area contributed by atoms with Gasteiger partial charge in [0.1, 0.15) is 17.9 Å². The van der Waals surface area contributed by atoms with Crippen LogP contribution in [0, 0.1) is 14.9 Å². The number of ether oxygens (including phenoxy) is 1. The molecule has 5 nitrogen and oxygen atoms in total. The lowest BCUT2D eigenvalue weighted by molar-refractivity contribution is 0.263. The van der Waals surface area contributed by atoms with Gasteiger partial charge in [-0.2, -0.15) is 5.26 Å². The van der Waals surface area contributed by atoms with E-state index < -0.39 is 12.7 Å². The summed E-state index contributed by atoms with van der Waals surface area (Å²) < 4.78 is 11.5. The molecule has 0 radical (unpaired) electrons. The number of benzene rings is 1. The molecule has 0 fully saturated rings. The van der Waals surface area contributed by atoms with E-state index in [4.69, 9.17) is 20.4 Å². The zero-order chi connectivity index (χ0) is 13.3. The average Bonchev–Trinajstić information content (AvgIpc) is 2.71. The Morgan fingerprint density at radius 3 is 3.11 bits per heavy atom. The van der Waals surface area contributed by atoms with E-state index in [0.717, 1.165) is 14.6 Å². The summed E-state index contributed by atoms with van der Waals surface area (Å²) in [6.07, 6.45) is 0. The molecule has 1 aromatic carbocycles. The number of fused-ring (bicyclic) bond motifs is 1. The summed E-state index contributed by atoms with van der Waals surface area (Å²) in [7, 11) is -0.907. The first-order valence-corrected chi connectivity index (χ1v) is 6.46. The molecule has 18 heavy (non-hydrogen) atoms. The minimum Gasteiger partial charge on any atom is -0.489 e. The molecule has 0 bridgehead atoms. The molecule has 1 atom stereocenters. The second-order valence-corrected chi connectivity index (χ2v) is 5.51. The van der Waals surface area contributed by atoms with Crippen molar-refractivity contribution in [1.82, 2.24) is 0 Å². The second kappa shape index (κ2) is 5.05. The predicted molar refractivity (Wildman–Crippen MR) is 75.3 cm³/mol. The first kappa shape index (κ1) is 13.6. The lowest BCUT2D eigenvalue weighted by Crippen LogP contribution is -2.41. The Labute approximate surface area is 119 Å². The van der Waals surface area contributed by atoms with Gasteiger partial charge in [-0.1, -0.05) is 6.07 Å². The highest BCUT2D eigenvalue weighted by Gasteiger charge is 2.31. The summed E-state index contributed by atoms with van der Waals surface area (Å²) >= 11 is 2.10. The van der Waals surface area contributed by atoms with Gasteiger partial charge in [0.25, 0.3) is 0 Å². The van der Waals surface area contributed by atoms with Crippen LogP contribution in [-0.4, -0.2) is 24.3 Å². The molecule has 94 valence electrons. The fourth-order valence-electron chi connectivity index (χ4n) is 1.63. The topological polar surface area (TPSA) is 88.5 Å². The first-order valence-electron chi connectivity index (χ1n) is 5.38. The number of nitrogens with zero attached hydrogens (tertiary/aromatic N) is 1. The van der Waals surface area contributed by atoms with E-state index in [-0.39, 0.29) is 6.61 Å². The molecule has 0 amide bonds. The van der Waals surface area contributed by atoms with Crippen molar-refractivity contribution in [1.29, 1.82) is 5.26 Å². The molecule has 0 aromatic heterocycles. The lowest BCUT2D eigenvalue weighted by atomic mass is 9.79.